The predicted octanol–water partition coefficient (Wildman–Crippen LogP) is 1.22. The highest BCUT2D eigenvalue weighted by Gasteiger charge is 2.26. The Hall–Kier alpha value is -1.55. The van der Waals surface area contributed by atoms with Gasteiger partial charge in [0.2, 0.25) is 0 Å². The fourth-order valence-electron chi connectivity index (χ4n) is 1.32. The second kappa shape index (κ2) is 4.79. The van der Waals surface area contributed by atoms with E-state index in [2.05, 4.69) is 10.1 Å². The van der Waals surface area contributed by atoms with Crippen molar-refractivity contribution in [3.63, 3.8) is 0 Å². The van der Waals surface area contributed by atoms with Crippen molar-refractivity contribution >= 4 is 6.09 Å². The summed E-state index contributed by atoms with van der Waals surface area (Å²) in [4.78, 5) is 11.2. The Kier molecular flexibility index (Phi) is 3.68. The molecule has 1 aromatic carbocycles. The average Bonchev–Trinajstić information content (AvgIpc) is 2.30. The molecule has 0 aliphatic carbocycles. The number of amides is 1. The largest absolute Gasteiger partial charge is 0.453 e. The van der Waals surface area contributed by atoms with Crippen LogP contribution in [0.4, 0.5) is 4.79 Å². The lowest BCUT2D eigenvalue weighted by molar-refractivity contribution is 0.158. The van der Waals surface area contributed by atoms with Crippen molar-refractivity contribution < 1.29 is 9.53 Å². The molecule has 82 valence electrons. The van der Waals surface area contributed by atoms with Crippen molar-refractivity contribution in [2.24, 2.45) is 5.73 Å². The molecule has 1 atom stereocenters. The maximum absolute atomic E-state index is 11.2. The van der Waals surface area contributed by atoms with Crippen LogP contribution in [0.1, 0.15) is 12.5 Å². The molecular weight excluding hydrogens is 192 g/mol. The zero-order chi connectivity index (χ0) is 11.3. The van der Waals surface area contributed by atoms with Crippen LogP contribution >= 0.6 is 0 Å². The fourth-order valence-corrected chi connectivity index (χ4v) is 1.32. The molecule has 0 spiro atoms. The first-order valence-corrected chi connectivity index (χ1v) is 4.74. The second-order valence-corrected chi connectivity index (χ2v) is 3.52. The summed E-state index contributed by atoms with van der Waals surface area (Å²) in [5.74, 6) is 0. The number of hydrogen-bond acceptors (Lipinski definition) is 3. The van der Waals surface area contributed by atoms with E-state index < -0.39 is 11.6 Å². The monoisotopic (exact) mass is 208 g/mol. The van der Waals surface area contributed by atoms with E-state index in [0.29, 0.717) is 6.54 Å². The highest BCUT2D eigenvalue weighted by Crippen LogP contribution is 2.18. The summed E-state index contributed by atoms with van der Waals surface area (Å²) < 4.78 is 4.56. The van der Waals surface area contributed by atoms with Gasteiger partial charge in [-0.2, -0.15) is 0 Å². The molecule has 1 rings (SSSR count). The van der Waals surface area contributed by atoms with Crippen molar-refractivity contribution in [3.8, 4) is 0 Å². The number of nitrogens with two attached hydrogens (primary N) is 1. The van der Waals surface area contributed by atoms with Gasteiger partial charge in [-0.1, -0.05) is 30.3 Å². The molecule has 1 amide bonds. The molecule has 0 aliphatic rings. The third kappa shape index (κ3) is 2.70. The summed E-state index contributed by atoms with van der Waals surface area (Å²) in [6.45, 7) is 2.17. The maximum Gasteiger partial charge on any atom is 0.407 e. The van der Waals surface area contributed by atoms with Gasteiger partial charge in [0.1, 0.15) is 0 Å². The molecule has 0 saturated carbocycles. The normalized spacial score (nSPS) is 14.1. The van der Waals surface area contributed by atoms with E-state index in [1.54, 1.807) is 0 Å². The van der Waals surface area contributed by atoms with Crippen LogP contribution in [0.3, 0.4) is 0 Å². The molecule has 0 aromatic heterocycles. The first kappa shape index (κ1) is 11.5. The number of carbonyl (C=O) groups is 1. The molecule has 4 heteroatoms. The number of alkyl carbamates (subject to hydrolysis) is 1. The molecule has 1 unspecified atom stereocenters. The van der Waals surface area contributed by atoms with E-state index in [4.69, 9.17) is 5.73 Å². The fraction of sp³-hybridized carbons (Fsp3) is 0.364. The summed E-state index contributed by atoms with van der Waals surface area (Å²) in [5.41, 5.74) is 6.04. The van der Waals surface area contributed by atoms with E-state index in [0.717, 1.165) is 5.56 Å². The summed E-state index contributed by atoms with van der Waals surface area (Å²) in [6.07, 6.45) is -0.480. The average molecular weight is 208 g/mol. The number of rotatable bonds is 3. The van der Waals surface area contributed by atoms with E-state index in [1.165, 1.54) is 7.11 Å². The Morgan fingerprint density at radius 3 is 2.53 bits per heavy atom. The zero-order valence-corrected chi connectivity index (χ0v) is 8.99. The number of hydrogen-bond donors (Lipinski definition) is 2. The quantitative estimate of drug-likeness (QED) is 0.785. The highest BCUT2D eigenvalue weighted by atomic mass is 16.5. The molecule has 0 saturated heterocycles. The number of nitrogens with one attached hydrogen (secondary N) is 1. The summed E-state index contributed by atoms with van der Waals surface area (Å²) >= 11 is 0. The Morgan fingerprint density at radius 2 is 2.07 bits per heavy atom. The number of carbonyl (C=O) groups excluding carboxylic acids is 1. The van der Waals surface area contributed by atoms with Gasteiger partial charge in [-0.25, -0.2) is 4.79 Å². The predicted molar refractivity (Wildman–Crippen MR) is 58.4 cm³/mol. The van der Waals surface area contributed by atoms with Gasteiger partial charge < -0.3 is 15.8 Å². The number of ether oxygens (including phenoxy) is 1. The van der Waals surface area contributed by atoms with Crippen LogP contribution in [-0.4, -0.2) is 19.7 Å². The standard InChI is InChI=1S/C11H16N2O2/c1-11(8-12,13-10(14)15-2)9-6-4-3-5-7-9/h3-7H,8,12H2,1-2H3,(H,13,14). The van der Waals surface area contributed by atoms with Crippen molar-refractivity contribution in [1.82, 2.24) is 5.32 Å². The minimum Gasteiger partial charge on any atom is -0.453 e. The van der Waals surface area contributed by atoms with Crippen molar-refractivity contribution in [2.45, 2.75) is 12.5 Å². The lowest BCUT2D eigenvalue weighted by atomic mass is 9.92. The van der Waals surface area contributed by atoms with Crippen molar-refractivity contribution in [2.75, 3.05) is 13.7 Å². The molecule has 4 nitrogen and oxygen atoms in total. The Labute approximate surface area is 89.4 Å². The molecule has 0 heterocycles. The van der Waals surface area contributed by atoms with E-state index >= 15 is 0 Å². The Balaban J connectivity index is 2.90. The molecule has 0 fully saturated rings. The zero-order valence-electron chi connectivity index (χ0n) is 8.99. The molecule has 1 aromatic rings. The van der Waals surface area contributed by atoms with Crippen LogP contribution in [0.25, 0.3) is 0 Å². The highest BCUT2D eigenvalue weighted by molar-refractivity contribution is 5.68. The van der Waals surface area contributed by atoms with Gasteiger partial charge in [-0.3, -0.25) is 0 Å². The van der Waals surface area contributed by atoms with Gasteiger partial charge in [0.15, 0.2) is 0 Å². The topological polar surface area (TPSA) is 64.3 Å². The van der Waals surface area contributed by atoms with E-state index in [1.807, 2.05) is 37.3 Å². The molecule has 0 radical (unpaired) electrons. The van der Waals surface area contributed by atoms with Gasteiger partial charge in [0.25, 0.3) is 0 Å². The SMILES string of the molecule is COC(=O)NC(C)(CN)c1ccccc1. The molecule has 0 bridgehead atoms. The number of methoxy groups -OCH3 is 1. The Morgan fingerprint density at radius 1 is 1.47 bits per heavy atom. The molecule has 15 heavy (non-hydrogen) atoms. The van der Waals surface area contributed by atoms with Crippen LogP contribution < -0.4 is 11.1 Å². The summed E-state index contributed by atoms with van der Waals surface area (Å²) in [5, 5.41) is 2.72. The van der Waals surface area contributed by atoms with Crippen LogP contribution in [0.5, 0.6) is 0 Å². The minimum absolute atomic E-state index is 0.312. The van der Waals surface area contributed by atoms with Gasteiger partial charge in [-0.15, -0.1) is 0 Å². The second-order valence-electron chi connectivity index (χ2n) is 3.52. The third-order valence-corrected chi connectivity index (χ3v) is 2.38. The summed E-state index contributed by atoms with van der Waals surface area (Å²) in [6, 6.07) is 9.56. The van der Waals surface area contributed by atoms with E-state index in [-0.39, 0.29) is 0 Å². The summed E-state index contributed by atoms with van der Waals surface area (Å²) in [7, 11) is 1.33. The van der Waals surface area contributed by atoms with Crippen LogP contribution in [0, 0.1) is 0 Å². The third-order valence-electron chi connectivity index (χ3n) is 2.38. The van der Waals surface area contributed by atoms with Gasteiger partial charge in [0.05, 0.1) is 12.6 Å². The first-order chi connectivity index (χ1) is 7.12. The number of benzene rings is 1. The van der Waals surface area contributed by atoms with Crippen LogP contribution in [0.15, 0.2) is 30.3 Å². The van der Waals surface area contributed by atoms with E-state index in [9.17, 15) is 4.79 Å². The van der Waals surface area contributed by atoms with Gasteiger partial charge in [-0.05, 0) is 12.5 Å². The van der Waals surface area contributed by atoms with Gasteiger partial charge >= 0.3 is 6.09 Å². The lowest BCUT2D eigenvalue weighted by Crippen LogP contribution is -2.48. The molecule has 3 N–H and O–H groups in total. The molecule has 0 aliphatic heterocycles. The van der Waals surface area contributed by atoms with Crippen molar-refractivity contribution in [3.05, 3.63) is 35.9 Å². The maximum atomic E-state index is 11.2. The molecular formula is C11H16N2O2. The van der Waals surface area contributed by atoms with Gasteiger partial charge in [0, 0.05) is 6.54 Å². The minimum atomic E-state index is -0.589. The first-order valence-electron chi connectivity index (χ1n) is 4.74. The Bertz CT molecular complexity index is 327. The smallest absolute Gasteiger partial charge is 0.407 e. The lowest BCUT2D eigenvalue weighted by Gasteiger charge is -2.29. The van der Waals surface area contributed by atoms with Crippen LogP contribution in [-0.2, 0) is 10.3 Å². The van der Waals surface area contributed by atoms with Crippen molar-refractivity contribution in [1.29, 1.82) is 0 Å². The van der Waals surface area contributed by atoms with Crippen LogP contribution in [0.2, 0.25) is 0 Å².